The molecule has 0 atom stereocenters. The topological polar surface area (TPSA) is 132 Å². The van der Waals surface area contributed by atoms with Crippen LogP contribution in [-0.2, 0) is 15.6 Å². The fourth-order valence-electron chi connectivity index (χ4n) is 2.39. The Hall–Kier alpha value is -3.53. The fraction of sp³-hybridized carbons (Fsp3) is 0.0588. The molecule has 10 heteroatoms. The lowest BCUT2D eigenvalue weighted by Gasteiger charge is -2.04. The summed E-state index contributed by atoms with van der Waals surface area (Å²) < 4.78 is 26.4. The van der Waals surface area contributed by atoms with Crippen molar-refractivity contribution in [2.24, 2.45) is 0 Å². The predicted molar refractivity (Wildman–Crippen MR) is 94.5 cm³/mol. The molecule has 1 heterocycles. The third kappa shape index (κ3) is 4.01. The van der Waals surface area contributed by atoms with Crippen molar-refractivity contribution in [3.05, 3.63) is 82.2 Å². The van der Waals surface area contributed by atoms with E-state index in [-0.39, 0.29) is 27.6 Å². The van der Waals surface area contributed by atoms with Crippen LogP contribution >= 0.6 is 0 Å². The van der Waals surface area contributed by atoms with Gasteiger partial charge >= 0.3 is 5.97 Å². The Labute approximate surface area is 153 Å². The molecule has 0 saturated carbocycles. The highest BCUT2D eigenvalue weighted by Gasteiger charge is 2.18. The summed E-state index contributed by atoms with van der Waals surface area (Å²) in [6.07, 6.45) is 1.56. The van der Waals surface area contributed by atoms with E-state index in [2.05, 4.69) is 5.10 Å². The number of sulfone groups is 1. The van der Waals surface area contributed by atoms with Gasteiger partial charge in [-0.15, -0.1) is 0 Å². The van der Waals surface area contributed by atoms with E-state index in [9.17, 15) is 23.3 Å². The highest BCUT2D eigenvalue weighted by atomic mass is 32.2. The molecule has 1 aromatic heterocycles. The van der Waals surface area contributed by atoms with Crippen LogP contribution in [0.5, 0.6) is 0 Å². The van der Waals surface area contributed by atoms with Gasteiger partial charge in [0, 0.05) is 18.3 Å². The first kappa shape index (κ1) is 18.3. The van der Waals surface area contributed by atoms with Crippen molar-refractivity contribution >= 4 is 21.5 Å². The molecule has 27 heavy (non-hydrogen) atoms. The molecule has 2 aromatic carbocycles. The summed E-state index contributed by atoms with van der Waals surface area (Å²) in [6.45, 7) is 0. The number of carbonyl (C=O) groups is 1. The minimum Gasteiger partial charge on any atom is -0.478 e. The van der Waals surface area contributed by atoms with Crippen LogP contribution in [0.2, 0.25) is 0 Å². The van der Waals surface area contributed by atoms with Gasteiger partial charge < -0.3 is 5.11 Å². The predicted octanol–water partition coefficient (Wildman–Crippen LogP) is 2.45. The van der Waals surface area contributed by atoms with Crippen LogP contribution in [0, 0.1) is 10.1 Å². The molecule has 0 fully saturated rings. The van der Waals surface area contributed by atoms with Gasteiger partial charge in [-0.3, -0.25) is 10.1 Å². The molecule has 138 valence electrons. The molecule has 0 amide bonds. The Kier molecular flexibility index (Phi) is 4.74. The summed E-state index contributed by atoms with van der Waals surface area (Å²) in [4.78, 5) is 21.0. The second-order valence-electron chi connectivity index (χ2n) is 5.61. The molecule has 0 aliphatic carbocycles. The van der Waals surface area contributed by atoms with Crippen molar-refractivity contribution < 1.29 is 23.2 Å². The van der Waals surface area contributed by atoms with Crippen molar-refractivity contribution in [3.8, 4) is 5.69 Å². The molecule has 3 rings (SSSR count). The summed E-state index contributed by atoms with van der Waals surface area (Å²) in [5.41, 5.74) is 0.778. The van der Waals surface area contributed by atoms with E-state index in [1.807, 2.05) is 0 Å². The van der Waals surface area contributed by atoms with Crippen molar-refractivity contribution in [1.29, 1.82) is 0 Å². The molecule has 0 bridgehead atoms. The van der Waals surface area contributed by atoms with E-state index >= 15 is 0 Å². The zero-order chi connectivity index (χ0) is 19.6. The standard InChI is InChI=1S/C17H13N3O6S/c21-17(22)12-1-7-16(8-2-12)27(25,26)11-13-9-10-19(18-13)14-3-5-15(6-4-14)20(23)24/h1-10H,11H2,(H,21,22). The lowest BCUT2D eigenvalue weighted by Crippen LogP contribution is -2.07. The van der Waals surface area contributed by atoms with E-state index in [0.29, 0.717) is 5.69 Å². The summed E-state index contributed by atoms with van der Waals surface area (Å²) in [5, 5.41) is 23.7. The molecule has 0 spiro atoms. The molecular formula is C17H13N3O6S. The molecule has 0 unspecified atom stereocenters. The zero-order valence-corrected chi connectivity index (χ0v) is 14.5. The van der Waals surface area contributed by atoms with Crippen molar-refractivity contribution in [2.75, 3.05) is 0 Å². The van der Waals surface area contributed by atoms with Gasteiger partial charge in [0.2, 0.25) is 0 Å². The SMILES string of the molecule is O=C(O)c1ccc(S(=O)(=O)Cc2ccn(-c3ccc([N+](=O)[O-])cc3)n2)cc1. The average Bonchev–Trinajstić information content (AvgIpc) is 3.09. The maximum atomic E-state index is 12.5. The molecule has 0 saturated heterocycles. The number of carboxylic acid groups (broad SMARTS) is 1. The monoisotopic (exact) mass is 387 g/mol. The third-order valence-electron chi connectivity index (χ3n) is 3.77. The first-order valence-corrected chi connectivity index (χ1v) is 9.27. The first-order chi connectivity index (χ1) is 12.8. The maximum absolute atomic E-state index is 12.5. The van der Waals surface area contributed by atoms with E-state index in [1.165, 1.54) is 59.3 Å². The normalized spacial score (nSPS) is 11.3. The number of nitrogens with zero attached hydrogens (tertiary/aromatic N) is 3. The van der Waals surface area contributed by atoms with E-state index in [1.54, 1.807) is 6.20 Å². The molecule has 0 aliphatic heterocycles. The molecule has 3 aromatic rings. The first-order valence-electron chi connectivity index (χ1n) is 7.62. The second-order valence-corrected chi connectivity index (χ2v) is 7.60. The molecule has 9 nitrogen and oxygen atoms in total. The van der Waals surface area contributed by atoms with Gasteiger partial charge in [0.1, 0.15) is 0 Å². The minimum atomic E-state index is -3.70. The Bertz CT molecular complexity index is 1100. The number of aromatic nitrogens is 2. The smallest absolute Gasteiger partial charge is 0.335 e. The number of hydrogen-bond donors (Lipinski definition) is 1. The van der Waals surface area contributed by atoms with Gasteiger partial charge in [0.05, 0.1) is 32.5 Å². The number of non-ortho nitro benzene ring substituents is 1. The maximum Gasteiger partial charge on any atom is 0.335 e. The lowest BCUT2D eigenvalue weighted by atomic mass is 10.2. The van der Waals surface area contributed by atoms with Gasteiger partial charge in [-0.05, 0) is 42.5 Å². The van der Waals surface area contributed by atoms with Crippen LogP contribution in [-0.4, -0.2) is 34.2 Å². The van der Waals surface area contributed by atoms with Crippen LogP contribution < -0.4 is 0 Å². The largest absolute Gasteiger partial charge is 0.478 e. The highest BCUT2D eigenvalue weighted by Crippen LogP contribution is 2.18. The third-order valence-corrected chi connectivity index (χ3v) is 5.43. The van der Waals surface area contributed by atoms with E-state index < -0.39 is 20.7 Å². The second kappa shape index (κ2) is 7.00. The van der Waals surface area contributed by atoms with Crippen LogP contribution in [0.25, 0.3) is 5.69 Å². The van der Waals surface area contributed by atoms with Crippen molar-refractivity contribution in [3.63, 3.8) is 0 Å². The van der Waals surface area contributed by atoms with Crippen molar-refractivity contribution in [1.82, 2.24) is 9.78 Å². The quantitative estimate of drug-likeness (QED) is 0.507. The summed E-state index contributed by atoms with van der Waals surface area (Å²) in [5.74, 6) is -1.50. The number of nitro groups is 1. The number of rotatable bonds is 6. The van der Waals surface area contributed by atoms with Crippen LogP contribution in [0.15, 0.2) is 65.7 Å². The Morgan fingerprint density at radius 3 is 2.26 bits per heavy atom. The van der Waals surface area contributed by atoms with Crippen LogP contribution in [0.4, 0.5) is 5.69 Å². The average molecular weight is 387 g/mol. The van der Waals surface area contributed by atoms with Crippen LogP contribution in [0.3, 0.4) is 0 Å². The summed E-state index contributed by atoms with van der Waals surface area (Å²) >= 11 is 0. The van der Waals surface area contributed by atoms with Gasteiger partial charge in [0.15, 0.2) is 9.84 Å². The molecule has 0 radical (unpaired) electrons. The van der Waals surface area contributed by atoms with E-state index in [0.717, 1.165) is 0 Å². The van der Waals surface area contributed by atoms with Crippen LogP contribution in [0.1, 0.15) is 16.1 Å². The number of benzene rings is 2. The lowest BCUT2D eigenvalue weighted by molar-refractivity contribution is -0.384. The van der Waals surface area contributed by atoms with Gasteiger partial charge in [-0.25, -0.2) is 17.9 Å². The molecule has 0 aliphatic rings. The highest BCUT2D eigenvalue weighted by molar-refractivity contribution is 7.90. The Morgan fingerprint density at radius 1 is 1.07 bits per heavy atom. The number of aromatic carboxylic acids is 1. The van der Waals surface area contributed by atoms with Gasteiger partial charge in [-0.2, -0.15) is 5.10 Å². The number of nitro benzene ring substituents is 1. The van der Waals surface area contributed by atoms with Gasteiger partial charge in [-0.1, -0.05) is 0 Å². The zero-order valence-electron chi connectivity index (χ0n) is 13.7. The van der Waals surface area contributed by atoms with E-state index in [4.69, 9.17) is 5.11 Å². The number of hydrogen-bond acceptors (Lipinski definition) is 6. The Morgan fingerprint density at radius 2 is 1.70 bits per heavy atom. The van der Waals surface area contributed by atoms with Gasteiger partial charge in [0.25, 0.3) is 5.69 Å². The number of carboxylic acids is 1. The fourth-order valence-corrected chi connectivity index (χ4v) is 3.65. The van der Waals surface area contributed by atoms with Crippen molar-refractivity contribution in [2.45, 2.75) is 10.6 Å². The minimum absolute atomic E-state index is 0.00242. The summed E-state index contributed by atoms with van der Waals surface area (Å²) in [6, 6.07) is 12.1. The summed E-state index contributed by atoms with van der Waals surface area (Å²) in [7, 11) is -3.70. The molecule has 1 N–H and O–H groups in total. The molecular weight excluding hydrogens is 374 g/mol. The Balaban J connectivity index is 1.80.